The molecule has 0 aliphatic carbocycles. The quantitative estimate of drug-likeness (QED) is 0.736. The van der Waals surface area contributed by atoms with E-state index in [1.807, 2.05) is 30.3 Å². The first-order chi connectivity index (χ1) is 13.7. The number of hydrogen-bond acceptors (Lipinski definition) is 4. The lowest BCUT2D eigenvalue weighted by molar-refractivity contribution is 0.0947. The molecule has 2 aromatic carbocycles. The lowest BCUT2D eigenvalue weighted by atomic mass is 10.0. The van der Waals surface area contributed by atoms with Crippen molar-refractivity contribution in [2.75, 3.05) is 17.7 Å². The summed E-state index contributed by atoms with van der Waals surface area (Å²) in [6.45, 7) is 2.67. The molecule has 2 atom stereocenters. The number of nitrogens with one attached hydrogen (secondary N) is 1. The number of rotatable bonds is 6. The second-order valence-corrected chi connectivity index (χ2v) is 9.68. The number of sulfone groups is 1. The van der Waals surface area contributed by atoms with E-state index in [9.17, 15) is 13.2 Å². The van der Waals surface area contributed by atoms with Crippen molar-refractivity contribution in [3.63, 3.8) is 0 Å². The van der Waals surface area contributed by atoms with Crippen LogP contribution < -0.4 is 10.2 Å². The summed E-state index contributed by atoms with van der Waals surface area (Å²) >= 11 is 6.40. The molecule has 0 aromatic heterocycles. The Kier molecular flexibility index (Phi) is 6.65. The fraction of sp³-hybridized carbons (Fsp3) is 0.318. The molecule has 1 saturated heterocycles. The smallest absolute Gasteiger partial charge is 0.251 e. The lowest BCUT2D eigenvalue weighted by Crippen LogP contribution is -2.31. The Labute approximate surface area is 177 Å². The van der Waals surface area contributed by atoms with Crippen LogP contribution in [-0.2, 0) is 9.84 Å². The van der Waals surface area contributed by atoms with E-state index in [2.05, 4.69) is 16.3 Å². The number of benzene rings is 2. The zero-order chi connectivity index (χ0) is 21.0. The maximum absolute atomic E-state index is 12.4. The molecule has 0 radical (unpaired) electrons. The van der Waals surface area contributed by atoms with Crippen LogP contribution in [0.3, 0.4) is 0 Å². The zero-order valence-corrected chi connectivity index (χ0v) is 18.1. The molecule has 0 unspecified atom stereocenters. The van der Waals surface area contributed by atoms with Gasteiger partial charge < -0.3 is 10.2 Å². The average molecular weight is 433 g/mol. The highest BCUT2D eigenvalue weighted by Crippen LogP contribution is 2.38. The van der Waals surface area contributed by atoms with Crippen molar-refractivity contribution in [2.45, 2.75) is 31.8 Å². The second-order valence-electron chi connectivity index (χ2n) is 7.34. The Hall–Kier alpha value is -2.31. The van der Waals surface area contributed by atoms with E-state index in [0.29, 0.717) is 5.56 Å². The third kappa shape index (κ3) is 5.61. The van der Waals surface area contributed by atoms with Crippen molar-refractivity contribution in [2.24, 2.45) is 0 Å². The van der Waals surface area contributed by atoms with Gasteiger partial charge in [-0.1, -0.05) is 35.9 Å². The summed E-state index contributed by atoms with van der Waals surface area (Å²) in [6.07, 6.45) is 4.70. The summed E-state index contributed by atoms with van der Waals surface area (Å²) in [7, 11) is -3.21. The molecule has 1 aliphatic heterocycles. The standard InChI is InChI=1S/C22H25ClN2O3S/c1-16(13-15-29(2,27)28)24-22(26)17-9-11-18(12-10-17)25-14-5-8-21(25)19-6-3-4-7-20(19)23/h3-4,6-7,9-13,15-16,21H,5,8,14H2,1-2H3,(H,24,26)/b15-13+/t16-,21+/m1/s1. The summed E-state index contributed by atoms with van der Waals surface area (Å²) in [5.74, 6) is -0.244. The van der Waals surface area contributed by atoms with Crippen LogP contribution >= 0.6 is 11.6 Å². The average Bonchev–Trinajstić information content (AvgIpc) is 3.16. The van der Waals surface area contributed by atoms with Crippen LogP contribution in [0.2, 0.25) is 5.02 Å². The van der Waals surface area contributed by atoms with Crippen molar-refractivity contribution in [3.8, 4) is 0 Å². The van der Waals surface area contributed by atoms with E-state index in [1.54, 1.807) is 19.1 Å². The molecule has 1 amide bonds. The molecule has 0 saturated carbocycles. The predicted molar refractivity (Wildman–Crippen MR) is 118 cm³/mol. The predicted octanol–water partition coefficient (Wildman–Crippen LogP) is 4.36. The molecule has 1 fully saturated rings. The van der Waals surface area contributed by atoms with Gasteiger partial charge in [-0.15, -0.1) is 0 Å². The van der Waals surface area contributed by atoms with Gasteiger partial charge in [-0.2, -0.15) is 0 Å². The lowest BCUT2D eigenvalue weighted by Gasteiger charge is -2.28. The Morgan fingerprint density at radius 1 is 1.21 bits per heavy atom. The van der Waals surface area contributed by atoms with Gasteiger partial charge in [0.25, 0.3) is 5.91 Å². The first-order valence-corrected chi connectivity index (χ1v) is 11.9. The van der Waals surface area contributed by atoms with Crippen LogP contribution in [0.15, 0.2) is 60.0 Å². The molecule has 7 heteroatoms. The van der Waals surface area contributed by atoms with Crippen LogP contribution in [0.1, 0.15) is 41.7 Å². The fourth-order valence-corrected chi connectivity index (χ4v) is 4.33. The van der Waals surface area contributed by atoms with E-state index in [4.69, 9.17) is 11.6 Å². The van der Waals surface area contributed by atoms with Gasteiger partial charge in [0.15, 0.2) is 9.84 Å². The molecule has 1 aliphatic rings. The Morgan fingerprint density at radius 3 is 2.55 bits per heavy atom. The van der Waals surface area contributed by atoms with Gasteiger partial charge in [-0.25, -0.2) is 8.42 Å². The van der Waals surface area contributed by atoms with Crippen LogP contribution in [0.5, 0.6) is 0 Å². The van der Waals surface area contributed by atoms with E-state index in [-0.39, 0.29) is 18.0 Å². The summed E-state index contributed by atoms with van der Waals surface area (Å²) in [5, 5.41) is 4.65. The van der Waals surface area contributed by atoms with Crippen molar-refractivity contribution in [1.29, 1.82) is 0 Å². The minimum atomic E-state index is -3.21. The highest BCUT2D eigenvalue weighted by molar-refractivity contribution is 7.93. The van der Waals surface area contributed by atoms with Gasteiger partial charge in [0, 0.05) is 40.5 Å². The summed E-state index contributed by atoms with van der Waals surface area (Å²) in [5.41, 5.74) is 2.70. The number of carbonyl (C=O) groups excluding carboxylic acids is 1. The maximum atomic E-state index is 12.4. The molecule has 0 spiro atoms. The second kappa shape index (κ2) is 9.01. The van der Waals surface area contributed by atoms with Crippen molar-refractivity contribution < 1.29 is 13.2 Å². The van der Waals surface area contributed by atoms with Crippen molar-refractivity contribution in [3.05, 3.63) is 76.2 Å². The fourth-order valence-electron chi connectivity index (χ4n) is 3.55. The van der Waals surface area contributed by atoms with Gasteiger partial charge >= 0.3 is 0 Å². The van der Waals surface area contributed by atoms with Crippen molar-refractivity contribution >= 4 is 33.0 Å². The topological polar surface area (TPSA) is 66.5 Å². The summed E-state index contributed by atoms with van der Waals surface area (Å²) < 4.78 is 22.4. The molecule has 5 nitrogen and oxygen atoms in total. The van der Waals surface area contributed by atoms with Gasteiger partial charge in [0.2, 0.25) is 0 Å². The molecule has 2 aromatic rings. The van der Waals surface area contributed by atoms with Crippen molar-refractivity contribution in [1.82, 2.24) is 5.32 Å². The number of carbonyl (C=O) groups is 1. The Balaban J connectivity index is 1.70. The molecular formula is C22H25ClN2O3S. The van der Waals surface area contributed by atoms with E-state index < -0.39 is 9.84 Å². The molecule has 29 heavy (non-hydrogen) atoms. The first-order valence-electron chi connectivity index (χ1n) is 9.55. The van der Waals surface area contributed by atoms with Crippen LogP contribution in [0, 0.1) is 0 Å². The third-order valence-corrected chi connectivity index (χ3v) is 5.95. The van der Waals surface area contributed by atoms with E-state index in [0.717, 1.165) is 47.3 Å². The van der Waals surface area contributed by atoms with Gasteiger partial charge in [0.05, 0.1) is 6.04 Å². The Morgan fingerprint density at radius 2 is 1.90 bits per heavy atom. The van der Waals surface area contributed by atoms with Gasteiger partial charge in [0.1, 0.15) is 0 Å². The number of anilines is 1. The third-order valence-electron chi connectivity index (χ3n) is 4.95. The first kappa shape index (κ1) is 21.4. The zero-order valence-electron chi connectivity index (χ0n) is 16.5. The number of amides is 1. The largest absolute Gasteiger partial charge is 0.364 e. The Bertz CT molecular complexity index is 1000. The molecular weight excluding hydrogens is 408 g/mol. The van der Waals surface area contributed by atoms with E-state index in [1.165, 1.54) is 6.08 Å². The molecule has 1 N–H and O–H groups in total. The number of nitrogens with zero attached hydrogens (tertiary/aromatic N) is 1. The number of hydrogen-bond donors (Lipinski definition) is 1. The number of halogens is 1. The minimum absolute atomic E-state index is 0.226. The normalized spacial score (nSPS) is 18.2. The van der Waals surface area contributed by atoms with Gasteiger partial charge in [-0.05, 0) is 55.7 Å². The molecule has 1 heterocycles. The van der Waals surface area contributed by atoms with Crippen LogP contribution in [-0.4, -0.2) is 33.2 Å². The summed E-state index contributed by atoms with van der Waals surface area (Å²) in [4.78, 5) is 14.7. The highest BCUT2D eigenvalue weighted by Gasteiger charge is 2.27. The van der Waals surface area contributed by atoms with Crippen LogP contribution in [0.4, 0.5) is 5.69 Å². The summed E-state index contributed by atoms with van der Waals surface area (Å²) in [6, 6.07) is 15.2. The van der Waals surface area contributed by atoms with Crippen LogP contribution in [0.25, 0.3) is 0 Å². The molecule has 154 valence electrons. The molecule has 0 bridgehead atoms. The highest BCUT2D eigenvalue weighted by atomic mass is 35.5. The molecule has 3 rings (SSSR count). The SMILES string of the molecule is C[C@H](/C=C/S(C)(=O)=O)NC(=O)c1ccc(N2CCC[C@H]2c2ccccc2Cl)cc1. The minimum Gasteiger partial charge on any atom is -0.364 e. The monoisotopic (exact) mass is 432 g/mol. The maximum Gasteiger partial charge on any atom is 0.251 e. The van der Waals surface area contributed by atoms with Gasteiger partial charge in [-0.3, -0.25) is 4.79 Å². The van der Waals surface area contributed by atoms with E-state index >= 15 is 0 Å².